The van der Waals surface area contributed by atoms with Gasteiger partial charge >= 0.3 is 0 Å². The molecule has 0 spiro atoms. The van der Waals surface area contributed by atoms with Crippen LogP contribution in [0, 0.1) is 6.92 Å². The first-order chi connectivity index (χ1) is 9.50. The fourth-order valence-electron chi connectivity index (χ4n) is 1.75. The Morgan fingerprint density at radius 3 is 2.80 bits per heavy atom. The van der Waals surface area contributed by atoms with Crippen LogP contribution < -0.4 is 4.74 Å². The molecule has 1 N–H and O–H groups in total. The van der Waals surface area contributed by atoms with E-state index in [2.05, 4.69) is 0 Å². The molecule has 0 aliphatic rings. The summed E-state index contributed by atoms with van der Waals surface area (Å²) in [6.07, 6.45) is 0. The Kier molecular flexibility index (Phi) is 4.29. The van der Waals surface area contributed by atoms with Gasteiger partial charge in [0, 0.05) is 25.2 Å². The van der Waals surface area contributed by atoms with Crippen molar-refractivity contribution in [2.75, 3.05) is 14.1 Å². The average Bonchev–Trinajstić information content (AvgIpc) is 2.87. The molecular formula is C15H17NO3S. The maximum atomic E-state index is 12.0. The summed E-state index contributed by atoms with van der Waals surface area (Å²) >= 11 is 1.41. The molecule has 1 amide bonds. The van der Waals surface area contributed by atoms with Gasteiger partial charge in [-0.05, 0) is 30.5 Å². The summed E-state index contributed by atoms with van der Waals surface area (Å²) in [5.41, 5.74) is 1.56. The van der Waals surface area contributed by atoms with E-state index in [1.54, 1.807) is 44.1 Å². The number of ether oxygens (including phenoxy) is 1. The van der Waals surface area contributed by atoms with E-state index in [1.807, 2.05) is 11.4 Å². The lowest BCUT2D eigenvalue weighted by atomic mass is 10.2. The predicted octanol–water partition coefficient (Wildman–Crippen LogP) is 3.04. The van der Waals surface area contributed by atoms with Crippen LogP contribution in [0.1, 0.15) is 20.8 Å². The van der Waals surface area contributed by atoms with Gasteiger partial charge in [0.2, 0.25) is 0 Å². The zero-order valence-corrected chi connectivity index (χ0v) is 12.5. The van der Waals surface area contributed by atoms with E-state index >= 15 is 0 Å². The van der Waals surface area contributed by atoms with E-state index in [-0.39, 0.29) is 11.7 Å². The van der Waals surface area contributed by atoms with E-state index < -0.39 is 0 Å². The lowest BCUT2D eigenvalue weighted by molar-refractivity contribution is 0.0830. The Bertz CT molecular complexity index is 619. The summed E-state index contributed by atoms with van der Waals surface area (Å²) in [6.45, 7) is 2.10. The Morgan fingerprint density at radius 2 is 2.10 bits per heavy atom. The second-order valence-corrected chi connectivity index (χ2v) is 5.58. The van der Waals surface area contributed by atoms with Crippen LogP contribution in [0.3, 0.4) is 0 Å². The Hall–Kier alpha value is -2.01. The minimum atomic E-state index is -0.0220. The number of nitrogens with zero attached hydrogens (tertiary/aromatic N) is 1. The first-order valence-electron chi connectivity index (χ1n) is 6.20. The summed E-state index contributed by atoms with van der Waals surface area (Å²) < 4.78 is 5.71. The van der Waals surface area contributed by atoms with E-state index in [0.29, 0.717) is 22.8 Å². The predicted molar refractivity (Wildman–Crippen MR) is 79.5 cm³/mol. The van der Waals surface area contributed by atoms with Crippen LogP contribution in [0.5, 0.6) is 11.5 Å². The first kappa shape index (κ1) is 14.4. The number of phenols is 1. The van der Waals surface area contributed by atoms with Crippen LogP contribution in [0.15, 0.2) is 29.6 Å². The van der Waals surface area contributed by atoms with Crippen LogP contribution in [-0.2, 0) is 6.61 Å². The lowest BCUT2D eigenvalue weighted by Crippen LogP contribution is -2.21. The van der Waals surface area contributed by atoms with Gasteiger partial charge in [-0.3, -0.25) is 4.79 Å². The molecule has 0 aliphatic carbocycles. The highest BCUT2D eigenvalue weighted by Crippen LogP contribution is 2.27. The molecule has 20 heavy (non-hydrogen) atoms. The van der Waals surface area contributed by atoms with Crippen molar-refractivity contribution in [3.8, 4) is 11.5 Å². The molecule has 0 unspecified atom stereocenters. The number of aromatic hydroxyl groups is 1. The van der Waals surface area contributed by atoms with Gasteiger partial charge in [-0.2, -0.15) is 0 Å². The van der Waals surface area contributed by atoms with E-state index in [9.17, 15) is 9.90 Å². The summed E-state index contributed by atoms with van der Waals surface area (Å²) in [6, 6.07) is 7.04. The summed E-state index contributed by atoms with van der Waals surface area (Å²) in [7, 11) is 3.46. The highest BCUT2D eigenvalue weighted by Gasteiger charge is 2.15. The fourth-order valence-corrected chi connectivity index (χ4v) is 2.68. The minimum absolute atomic E-state index is 0.0220. The maximum Gasteiger partial charge on any atom is 0.263 e. The number of rotatable bonds is 4. The van der Waals surface area contributed by atoms with Crippen LogP contribution in [0.4, 0.5) is 0 Å². The molecule has 1 aromatic carbocycles. The van der Waals surface area contributed by atoms with Crippen molar-refractivity contribution in [2.45, 2.75) is 13.5 Å². The number of thiophene rings is 1. The molecule has 1 aromatic heterocycles. The van der Waals surface area contributed by atoms with Crippen molar-refractivity contribution in [3.63, 3.8) is 0 Å². The first-order valence-corrected chi connectivity index (χ1v) is 7.08. The number of carbonyl (C=O) groups is 1. The van der Waals surface area contributed by atoms with Gasteiger partial charge < -0.3 is 14.7 Å². The molecule has 106 valence electrons. The molecule has 0 atom stereocenters. The SMILES string of the molecule is Cc1c(O)cccc1OCc1ccsc1C(=O)N(C)C. The average molecular weight is 291 g/mol. The summed E-state index contributed by atoms with van der Waals surface area (Å²) in [4.78, 5) is 14.2. The molecule has 1 heterocycles. The molecule has 0 aliphatic heterocycles. The molecular weight excluding hydrogens is 274 g/mol. The van der Waals surface area contributed by atoms with Gasteiger partial charge in [-0.25, -0.2) is 0 Å². The third kappa shape index (κ3) is 2.93. The van der Waals surface area contributed by atoms with Gasteiger partial charge in [-0.15, -0.1) is 11.3 Å². The highest BCUT2D eigenvalue weighted by molar-refractivity contribution is 7.12. The second-order valence-electron chi connectivity index (χ2n) is 4.66. The van der Waals surface area contributed by atoms with Gasteiger partial charge in [0.1, 0.15) is 18.1 Å². The summed E-state index contributed by atoms with van der Waals surface area (Å²) in [5.74, 6) is 0.808. The van der Waals surface area contributed by atoms with Crippen molar-refractivity contribution in [1.29, 1.82) is 0 Å². The maximum absolute atomic E-state index is 12.0. The topological polar surface area (TPSA) is 49.8 Å². The van der Waals surface area contributed by atoms with Crippen molar-refractivity contribution in [1.82, 2.24) is 4.90 Å². The lowest BCUT2D eigenvalue weighted by Gasteiger charge is -2.12. The normalized spacial score (nSPS) is 10.3. The van der Waals surface area contributed by atoms with Crippen molar-refractivity contribution in [2.24, 2.45) is 0 Å². The number of hydrogen-bond donors (Lipinski definition) is 1. The number of benzene rings is 1. The number of phenolic OH excluding ortho intramolecular Hbond substituents is 1. The van der Waals surface area contributed by atoms with E-state index in [1.165, 1.54) is 11.3 Å². The van der Waals surface area contributed by atoms with Gasteiger partial charge in [0.05, 0.1) is 4.88 Å². The third-order valence-corrected chi connectivity index (χ3v) is 3.93. The molecule has 0 radical (unpaired) electrons. The molecule has 0 fully saturated rings. The minimum Gasteiger partial charge on any atom is -0.508 e. The van der Waals surface area contributed by atoms with E-state index in [4.69, 9.17) is 4.74 Å². The highest BCUT2D eigenvalue weighted by atomic mass is 32.1. The zero-order chi connectivity index (χ0) is 14.7. The third-order valence-electron chi connectivity index (χ3n) is 2.99. The number of amides is 1. The monoisotopic (exact) mass is 291 g/mol. The second kappa shape index (κ2) is 5.96. The molecule has 5 heteroatoms. The van der Waals surface area contributed by atoms with Crippen LogP contribution >= 0.6 is 11.3 Å². The van der Waals surface area contributed by atoms with Crippen LogP contribution in [0.2, 0.25) is 0 Å². The van der Waals surface area contributed by atoms with Crippen LogP contribution in [-0.4, -0.2) is 30.0 Å². The van der Waals surface area contributed by atoms with Crippen LogP contribution in [0.25, 0.3) is 0 Å². The Labute approximate surface area is 122 Å². The molecule has 0 saturated carbocycles. The fraction of sp³-hybridized carbons (Fsp3) is 0.267. The summed E-state index contributed by atoms with van der Waals surface area (Å²) in [5, 5.41) is 11.5. The largest absolute Gasteiger partial charge is 0.508 e. The Balaban J connectivity index is 2.14. The number of carbonyl (C=O) groups excluding carboxylic acids is 1. The smallest absolute Gasteiger partial charge is 0.263 e. The van der Waals surface area contributed by atoms with Gasteiger partial charge in [0.25, 0.3) is 5.91 Å². The van der Waals surface area contributed by atoms with E-state index in [0.717, 1.165) is 5.56 Å². The zero-order valence-electron chi connectivity index (χ0n) is 11.7. The molecule has 0 saturated heterocycles. The van der Waals surface area contributed by atoms with Gasteiger partial charge in [-0.1, -0.05) is 6.07 Å². The molecule has 4 nitrogen and oxygen atoms in total. The molecule has 2 rings (SSSR count). The standard InChI is InChI=1S/C15H17NO3S/c1-10-12(17)5-4-6-13(10)19-9-11-7-8-20-14(11)15(18)16(2)3/h4-8,17H,9H2,1-3H3. The Morgan fingerprint density at radius 1 is 1.35 bits per heavy atom. The molecule has 0 bridgehead atoms. The molecule has 2 aromatic rings. The van der Waals surface area contributed by atoms with Gasteiger partial charge in [0.15, 0.2) is 0 Å². The van der Waals surface area contributed by atoms with Crippen molar-refractivity contribution in [3.05, 3.63) is 45.6 Å². The quantitative estimate of drug-likeness (QED) is 0.942. The number of hydrogen-bond acceptors (Lipinski definition) is 4. The van der Waals surface area contributed by atoms with Crippen molar-refractivity contribution < 1.29 is 14.6 Å². The van der Waals surface area contributed by atoms with Crippen molar-refractivity contribution >= 4 is 17.2 Å².